The molecule has 4 rings (SSSR count). The van der Waals surface area contributed by atoms with Crippen molar-refractivity contribution in [1.82, 2.24) is 10.2 Å². The Morgan fingerprint density at radius 3 is 2.81 bits per heavy atom. The predicted octanol–water partition coefficient (Wildman–Crippen LogP) is 1.90. The number of hydrogen-bond acceptors (Lipinski definition) is 6. The second-order valence-corrected chi connectivity index (χ2v) is 10.1. The highest BCUT2D eigenvalue weighted by Gasteiger charge is 2.33. The summed E-state index contributed by atoms with van der Waals surface area (Å²) in [5, 5.41) is 3.56. The summed E-state index contributed by atoms with van der Waals surface area (Å²) in [6.07, 6.45) is 3.77. The van der Waals surface area contributed by atoms with E-state index in [0.717, 1.165) is 30.2 Å². The summed E-state index contributed by atoms with van der Waals surface area (Å²) in [5.41, 5.74) is 1.52. The van der Waals surface area contributed by atoms with Crippen molar-refractivity contribution in [2.75, 3.05) is 36.8 Å². The highest BCUT2D eigenvalue weighted by Crippen LogP contribution is 2.42. The Hall–Kier alpha value is -1.58. The monoisotopic (exact) mass is 408 g/mol. The molecule has 1 amide bonds. The lowest BCUT2D eigenvalue weighted by molar-refractivity contribution is 0.0925. The van der Waals surface area contributed by atoms with Crippen molar-refractivity contribution < 1.29 is 13.2 Å². The third kappa shape index (κ3) is 4.14. The fourth-order valence-electron chi connectivity index (χ4n) is 3.75. The summed E-state index contributed by atoms with van der Waals surface area (Å²) in [5.74, 6) is -0.0745. The molecule has 0 aliphatic carbocycles. The molecule has 1 saturated heterocycles. The highest BCUT2D eigenvalue weighted by atomic mass is 32.2. The first-order valence-corrected chi connectivity index (χ1v) is 11.8. The molecule has 1 atom stereocenters. The number of hydrogen-bond donors (Lipinski definition) is 1. The average molecular weight is 409 g/mol. The number of fused-ring (bicyclic) bond motifs is 3. The number of carbonyl (C=O) groups is 1. The number of likely N-dealkylation sites (tertiary alicyclic amines) is 1. The minimum absolute atomic E-state index is 0.0206. The minimum atomic E-state index is -3.37. The number of thioether (sulfide) groups is 1. The van der Waals surface area contributed by atoms with Crippen molar-refractivity contribution in [3.63, 3.8) is 0 Å². The summed E-state index contributed by atoms with van der Waals surface area (Å²) >= 11 is 1.31. The molecule has 0 spiro atoms. The number of piperidine rings is 1. The molecule has 3 heterocycles. The number of anilines is 1. The van der Waals surface area contributed by atoms with E-state index in [1.807, 2.05) is 24.0 Å². The molecule has 9 heteroatoms. The Bertz CT molecular complexity index is 879. The Morgan fingerprint density at radius 1 is 1.26 bits per heavy atom. The van der Waals surface area contributed by atoms with Gasteiger partial charge in [0.1, 0.15) is 0 Å². The van der Waals surface area contributed by atoms with Crippen LogP contribution in [0.25, 0.3) is 0 Å². The van der Waals surface area contributed by atoms with E-state index in [-0.39, 0.29) is 17.7 Å². The summed E-state index contributed by atoms with van der Waals surface area (Å²) in [6.45, 7) is 5.52. The molecule has 146 valence electrons. The van der Waals surface area contributed by atoms with E-state index in [0.29, 0.717) is 17.3 Å². The fraction of sp³-hybridized carbons (Fsp3) is 0.556. The van der Waals surface area contributed by atoms with E-state index in [2.05, 4.69) is 14.6 Å². The van der Waals surface area contributed by atoms with Crippen LogP contribution in [0.15, 0.2) is 27.5 Å². The molecule has 1 aromatic carbocycles. The van der Waals surface area contributed by atoms with Crippen molar-refractivity contribution in [1.29, 1.82) is 0 Å². The number of rotatable bonds is 4. The first-order chi connectivity index (χ1) is 12.9. The average Bonchev–Trinajstić information content (AvgIpc) is 2.97. The van der Waals surface area contributed by atoms with Gasteiger partial charge in [-0.3, -0.25) is 4.79 Å². The Morgan fingerprint density at radius 2 is 2.04 bits per heavy atom. The van der Waals surface area contributed by atoms with Gasteiger partial charge in [-0.15, -0.1) is 4.40 Å². The topological polar surface area (TPSA) is 82.1 Å². The molecule has 3 aliphatic rings. The smallest absolute Gasteiger partial charge is 0.257 e. The Labute approximate surface area is 164 Å². The standard InChI is InChI=1S/C18H24N4O3S2/c1-13(12-21-7-3-2-4-8-21)19-17(23)14-5-6-15-16(11-14)26-18-20-27(24,25)10-9-22(15)18/h5-6,11,13H,2-4,7-10,12H2,1H3,(H,19,23). The van der Waals surface area contributed by atoms with Crippen molar-refractivity contribution >= 4 is 38.5 Å². The second kappa shape index (κ2) is 7.44. The lowest BCUT2D eigenvalue weighted by Crippen LogP contribution is -2.43. The van der Waals surface area contributed by atoms with Gasteiger partial charge in [0, 0.05) is 29.6 Å². The zero-order valence-electron chi connectivity index (χ0n) is 15.3. The first-order valence-electron chi connectivity index (χ1n) is 9.36. The molecule has 3 aliphatic heterocycles. The van der Waals surface area contributed by atoms with Crippen molar-refractivity contribution in [3.05, 3.63) is 23.8 Å². The molecule has 1 fully saturated rings. The van der Waals surface area contributed by atoms with Crippen LogP contribution in [-0.2, 0) is 10.0 Å². The third-order valence-electron chi connectivity index (χ3n) is 5.09. The van der Waals surface area contributed by atoms with Crippen LogP contribution >= 0.6 is 11.8 Å². The van der Waals surface area contributed by atoms with Crippen LogP contribution in [0.2, 0.25) is 0 Å². The van der Waals surface area contributed by atoms with Crippen LogP contribution in [0.1, 0.15) is 36.5 Å². The number of sulfonamides is 1. The van der Waals surface area contributed by atoms with Gasteiger partial charge < -0.3 is 15.1 Å². The van der Waals surface area contributed by atoms with Gasteiger partial charge in [-0.05, 0) is 62.8 Å². The third-order valence-corrected chi connectivity index (χ3v) is 7.40. The number of amides is 1. The minimum Gasteiger partial charge on any atom is -0.348 e. The molecule has 7 nitrogen and oxygen atoms in total. The molecule has 0 aromatic heterocycles. The summed E-state index contributed by atoms with van der Waals surface area (Å²) in [6, 6.07) is 5.59. The molecular formula is C18H24N4O3S2. The summed E-state index contributed by atoms with van der Waals surface area (Å²) in [7, 11) is -3.37. The van der Waals surface area contributed by atoms with Crippen LogP contribution < -0.4 is 10.2 Å². The normalized spacial score (nSPS) is 22.6. The van der Waals surface area contributed by atoms with Gasteiger partial charge in [0.15, 0.2) is 5.17 Å². The number of carbonyl (C=O) groups excluding carboxylic acids is 1. The highest BCUT2D eigenvalue weighted by molar-refractivity contribution is 8.15. The van der Waals surface area contributed by atoms with E-state index < -0.39 is 10.0 Å². The predicted molar refractivity (Wildman–Crippen MR) is 108 cm³/mol. The van der Waals surface area contributed by atoms with Crippen LogP contribution in [-0.4, -0.2) is 62.4 Å². The number of nitrogens with one attached hydrogen (secondary N) is 1. The van der Waals surface area contributed by atoms with Gasteiger partial charge in [-0.2, -0.15) is 0 Å². The van der Waals surface area contributed by atoms with Crippen molar-refractivity contribution in [3.8, 4) is 0 Å². The lowest BCUT2D eigenvalue weighted by Gasteiger charge is -2.29. The number of benzene rings is 1. The summed E-state index contributed by atoms with van der Waals surface area (Å²) in [4.78, 5) is 17.8. The summed E-state index contributed by atoms with van der Waals surface area (Å²) < 4.78 is 27.3. The van der Waals surface area contributed by atoms with E-state index in [4.69, 9.17) is 0 Å². The molecule has 0 saturated carbocycles. The van der Waals surface area contributed by atoms with Crippen LogP contribution in [0.5, 0.6) is 0 Å². The quantitative estimate of drug-likeness (QED) is 0.820. The van der Waals surface area contributed by atoms with Gasteiger partial charge in [-0.25, -0.2) is 8.42 Å². The van der Waals surface area contributed by atoms with E-state index in [1.54, 1.807) is 6.07 Å². The zero-order chi connectivity index (χ0) is 19.0. The van der Waals surface area contributed by atoms with Gasteiger partial charge in [0.2, 0.25) is 0 Å². The maximum absolute atomic E-state index is 12.6. The SMILES string of the molecule is CC(CN1CCCCC1)NC(=O)c1ccc2c(c1)SC1=NS(=O)(=O)CCN12. The van der Waals surface area contributed by atoms with Crippen molar-refractivity contribution in [2.24, 2.45) is 4.40 Å². The second-order valence-electron chi connectivity index (χ2n) is 7.33. The Balaban J connectivity index is 1.43. The first kappa shape index (κ1) is 18.8. The van der Waals surface area contributed by atoms with Crippen LogP contribution in [0.4, 0.5) is 5.69 Å². The van der Waals surface area contributed by atoms with Gasteiger partial charge in [0.05, 0.1) is 11.4 Å². The maximum atomic E-state index is 12.6. The number of nitrogens with zero attached hydrogens (tertiary/aromatic N) is 3. The van der Waals surface area contributed by atoms with Gasteiger partial charge in [0.25, 0.3) is 15.9 Å². The molecule has 1 unspecified atom stereocenters. The zero-order valence-corrected chi connectivity index (χ0v) is 17.0. The molecular weight excluding hydrogens is 384 g/mol. The van der Waals surface area contributed by atoms with E-state index in [9.17, 15) is 13.2 Å². The molecule has 0 bridgehead atoms. The molecule has 1 N–H and O–H groups in total. The maximum Gasteiger partial charge on any atom is 0.257 e. The molecule has 1 aromatic rings. The lowest BCUT2D eigenvalue weighted by atomic mass is 10.1. The van der Waals surface area contributed by atoms with Gasteiger partial charge >= 0.3 is 0 Å². The Kier molecular flexibility index (Phi) is 5.17. The van der Waals surface area contributed by atoms with E-state index >= 15 is 0 Å². The fourth-order valence-corrected chi connectivity index (χ4v) is 6.05. The number of amidine groups is 1. The largest absolute Gasteiger partial charge is 0.348 e. The van der Waals surface area contributed by atoms with Gasteiger partial charge in [-0.1, -0.05) is 6.42 Å². The molecule has 27 heavy (non-hydrogen) atoms. The van der Waals surface area contributed by atoms with Crippen LogP contribution in [0, 0.1) is 0 Å². The van der Waals surface area contributed by atoms with E-state index in [1.165, 1.54) is 31.0 Å². The van der Waals surface area contributed by atoms with Crippen LogP contribution in [0.3, 0.4) is 0 Å². The molecule has 0 radical (unpaired) electrons. The van der Waals surface area contributed by atoms with Crippen molar-refractivity contribution in [2.45, 2.75) is 37.1 Å².